The van der Waals surface area contributed by atoms with Crippen molar-refractivity contribution in [3.05, 3.63) is 23.9 Å². The number of aromatic nitrogens is 1. The van der Waals surface area contributed by atoms with Crippen molar-refractivity contribution in [2.24, 2.45) is 0 Å². The molecule has 0 aliphatic carbocycles. The molecule has 0 spiro atoms. The van der Waals surface area contributed by atoms with Gasteiger partial charge in [-0.1, -0.05) is 6.07 Å². The lowest BCUT2D eigenvalue weighted by molar-refractivity contribution is 0.0314. The lowest BCUT2D eigenvalue weighted by Crippen LogP contribution is -2.38. The maximum Gasteiger partial charge on any atom is 0.354 e. The van der Waals surface area contributed by atoms with Gasteiger partial charge in [0.15, 0.2) is 5.69 Å². The Morgan fingerprint density at radius 2 is 2.35 bits per heavy atom. The Labute approximate surface area is 99.8 Å². The number of ether oxygens (including phenoxy) is 1. The van der Waals surface area contributed by atoms with Crippen LogP contribution in [0.15, 0.2) is 18.2 Å². The minimum absolute atomic E-state index is 0.0479. The van der Waals surface area contributed by atoms with Crippen molar-refractivity contribution in [3.63, 3.8) is 0 Å². The van der Waals surface area contributed by atoms with Crippen LogP contribution in [-0.4, -0.2) is 34.3 Å². The van der Waals surface area contributed by atoms with Crippen LogP contribution in [0.1, 0.15) is 30.8 Å². The van der Waals surface area contributed by atoms with Gasteiger partial charge in [-0.15, -0.1) is 0 Å². The lowest BCUT2D eigenvalue weighted by Gasteiger charge is -2.27. The largest absolute Gasteiger partial charge is 0.477 e. The van der Waals surface area contributed by atoms with Crippen molar-refractivity contribution in [1.82, 2.24) is 4.98 Å². The molecule has 1 aliphatic rings. The molecule has 5 heteroatoms. The molecule has 0 saturated carbocycles. The van der Waals surface area contributed by atoms with E-state index in [1.165, 1.54) is 6.07 Å². The van der Waals surface area contributed by atoms with E-state index in [0.717, 1.165) is 6.42 Å². The molecule has 1 unspecified atom stereocenters. The fourth-order valence-electron chi connectivity index (χ4n) is 1.95. The van der Waals surface area contributed by atoms with Crippen LogP contribution < -0.4 is 5.32 Å². The van der Waals surface area contributed by atoms with E-state index in [2.05, 4.69) is 10.3 Å². The van der Waals surface area contributed by atoms with Gasteiger partial charge in [-0.3, -0.25) is 0 Å². The minimum atomic E-state index is -1.02. The lowest BCUT2D eigenvalue weighted by atomic mass is 9.99. The fourth-order valence-corrected chi connectivity index (χ4v) is 1.95. The zero-order valence-corrected chi connectivity index (χ0v) is 9.93. The van der Waals surface area contributed by atoms with Crippen molar-refractivity contribution in [2.45, 2.75) is 31.9 Å². The Balaban J connectivity index is 2.13. The molecule has 2 N–H and O–H groups in total. The number of rotatable bonds is 3. The van der Waals surface area contributed by atoms with Gasteiger partial charge in [0.05, 0.1) is 11.6 Å². The van der Waals surface area contributed by atoms with Gasteiger partial charge >= 0.3 is 5.97 Å². The molecule has 0 amide bonds. The summed E-state index contributed by atoms with van der Waals surface area (Å²) in [5.74, 6) is -0.441. The third-order valence-corrected chi connectivity index (χ3v) is 3.01. The number of aromatic carboxylic acids is 1. The van der Waals surface area contributed by atoms with Crippen molar-refractivity contribution in [3.8, 4) is 0 Å². The molecular weight excluding hydrogens is 220 g/mol. The van der Waals surface area contributed by atoms with Gasteiger partial charge in [0.1, 0.15) is 5.82 Å². The van der Waals surface area contributed by atoms with Crippen molar-refractivity contribution < 1.29 is 14.6 Å². The van der Waals surface area contributed by atoms with E-state index >= 15 is 0 Å². The molecule has 1 saturated heterocycles. The summed E-state index contributed by atoms with van der Waals surface area (Å²) in [5, 5.41) is 12.1. The van der Waals surface area contributed by atoms with Crippen LogP contribution in [0.4, 0.5) is 5.82 Å². The highest BCUT2D eigenvalue weighted by Crippen LogP contribution is 2.27. The van der Waals surface area contributed by atoms with Crippen LogP contribution in [-0.2, 0) is 4.74 Å². The average molecular weight is 236 g/mol. The molecule has 1 aromatic rings. The summed E-state index contributed by atoms with van der Waals surface area (Å²) in [6.45, 7) is 4.74. The Morgan fingerprint density at radius 3 is 2.94 bits per heavy atom. The van der Waals surface area contributed by atoms with Crippen LogP contribution in [0.2, 0.25) is 0 Å². The topological polar surface area (TPSA) is 71.5 Å². The van der Waals surface area contributed by atoms with Gasteiger partial charge < -0.3 is 15.2 Å². The van der Waals surface area contributed by atoms with E-state index in [1.54, 1.807) is 12.1 Å². The zero-order chi connectivity index (χ0) is 12.5. The van der Waals surface area contributed by atoms with E-state index in [1.807, 2.05) is 13.8 Å². The van der Waals surface area contributed by atoms with Gasteiger partial charge in [0, 0.05) is 6.61 Å². The van der Waals surface area contributed by atoms with Gasteiger partial charge in [-0.2, -0.15) is 0 Å². The second-order valence-electron chi connectivity index (χ2n) is 4.65. The standard InChI is InChI=1S/C12H16N2O3/c1-12(2)9(6-7-17-12)14-10-5-3-4-8(13-10)11(15)16/h3-5,9H,6-7H2,1-2H3,(H,13,14)(H,15,16). The van der Waals surface area contributed by atoms with Gasteiger partial charge in [-0.25, -0.2) is 9.78 Å². The third-order valence-electron chi connectivity index (χ3n) is 3.01. The molecule has 0 bridgehead atoms. The summed E-state index contributed by atoms with van der Waals surface area (Å²) in [7, 11) is 0. The van der Waals surface area contributed by atoms with Crippen molar-refractivity contribution >= 4 is 11.8 Å². The smallest absolute Gasteiger partial charge is 0.354 e. The van der Waals surface area contributed by atoms with E-state index in [-0.39, 0.29) is 17.3 Å². The second kappa shape index (κ2) is 4.33. The molecule has 17 heavy (non-hydrogen) atoms. The van der Waals surface area contributed by atoms with Crippen LogP contribution in [0.3, 0.4) is 0 Å². The predicted molar refractivity (Wildman–Crippen MR) is 63.3 cm³/mol. The van der Waals surface area contributed by atoms with Crippen LogP contribution in [0.25, 0.3) is 0 Å². The molecular formula is C12H16N2O3. The summed E-state index contributed by atoms with van der Waals surface area (Å²) in [4.78, 5) is 14.8. The molecule has 2 heterocycles. The molecule has 1 fully saturated rings. The van der Waals surface area contributed by atoms with Crippen molar-refractivity contribution in [2.75, 3.05) is 11.9 Å². The number of anilines is 1. The van der Waals surface area contributed by atoms with E-state index < -0.39 is 5.97 Å². The van der Waals surface area contributed by atoms with E-state index in [4.69, 9.17) is 9.84 Å². The number of pyridine rings is 1. The van der Waals surface area contributed by atoms with Gasteiger partial charge in [-0.05, 0) is 32.4 Å². The first-order valence-corrected chi connectivity index (χ1v) is 5.60. The molecule has 1 aromatic heterocycles. The van der Waals surface area contributed by atoms with E-state index in [9.17, 15) is 4.79 Å². The van der Waals surface area contributed by atoms with Crippen molar-refractivity contribution in [1.29, 1.82) is 0 Å². The van der Waals surface area contributed by atoms with Gasteiger partial charge in [0.2, 0.25) is 0 Å². The van der Waals surface area contributed by atoms with Crippen LogP contribution >= 0.6 is 0 Å². The number of carbonyl (C=O) groups is 1. The molecule has 0 radical (unpaired) electrons. The summed E-state index contributed by atoms with van der Waals surface area (Å²) >= 11 is 0. The number of nitrogens with zero attached hydrogens (tertiary/aromatic N) is 1. The quantitative estimate of drug-likeness (QED) is 0.836. The highest BCUT2D eigenvalue weighted by molar-refractivity contribution is 5.85. The van der Waals surface area contributed by atoms with Gasteiger partial charge in [0.25, 0.3) is 0 Å². The molecule has 1 atom stereocenters. The van der Waals surface area contributed by atoms with E-state index in [0.29, 0.717) is 12.4 Å². The molecule has 1 aliphatic heterocycles. The summed E-state index contributed by atoms with van der Waals surface area (Å²) in [6.07, 6.45) is 0.895. The molecule has 2 rings (SSSR count). The molecule has 0 aromatic carbocycles. The summed E-state index contributed by atoms with van der Waals surface area (Å²) in [5.41, 5.74) is -0.201. The number of nitrogens with one attached hydrogen (secondary N) is 1. The molecule has 5 nitrogen and oxygen atoms in total. The van der Waals surface area contributed by atoms with Crippen LogP contribution in [0, 0.1) is 0 Å². The Bertz CT molecular complexity index is 432. The highest BCUT2D eigenvalue weighted by Gasteiger charge is 2.35. The SMILES string of the molecule is CC1(C)OCCC1Nc1cccc(C(=O)O)n1. The Hall–Kier alpha value is -1.62. The predicted octanol–water partition coefficient (Wildman–Crippen LogP) is 1.76. The summed E-state index contributed by atoms with van der Waals surface area (Å²) < 4.78 is 5.60. The maximum absolute atomic E-state index is 10.8. The zero-order valence-electron chi connectivity index (χ0n) is 9.93. The maximum atomic E-state index is 10.8. The normalized spacial score (nSPS) is 22.4. The Morgan fingerprint density at radius 1 is 1.59 bits per heavy atom. The molecule has 92 valence electrons. The second-order valence-corrected chi connectivity index (χ2v) is 4.65. The average Bonchev–Trinajstić information content (AvgIpc) is 2.59. The van der Waals surface area contributed by atoms with Crippen LogP contribution in [0.5, 0.6) is 0 Å². The Kier molecular flexibility index (Phi) is 3.02. The fraction of sp³-hybridized carbons (Fsp3) is 0.500. The highest BCUT2D eigenvalue weighted by atomic mass is 16.5. The minimum Gasteiger partial charge on any atom is -0.477 e. The first-order valence-electron chi connectivity index (χ1n) is 5.60. The monoisotopic (exact) mass is 236 g/mol. The number of hydrogen-bond acceptors (Lipinski definition) is 4. The first kappa shape index (κ1) is 11.9. The summed E-state index contributed by atoms with van der Waals surface area (Å²) in [6, 6.07) is 5.07. The first-order chi connectivity index (χ1) is 7.99. The number of hydrogen-bond donors (Lipinski definition) is 2. The number of carboxylic acid groups (broad SMARTS) is 1. The third kappa shape index (κ3) is 2.55. The number of carboxylic acids is 1.